The quantitative estimate of drug-likeness (QED) is 0.892. The molecule has 0 radical (unpaired) electrons. The first-order chi connectivity index (χ1) is 12.2. The monoisotopic (exact) mass is 369 g/mol. The number of nitrogens with one attached hydrogen (secondary N) is 1. The lowest BCUT2D eigenvalue weighted by Crippen LogP contribution is -2.55. The topological polar surface area (TPSA) is 76.3 Å². The molecule has 138 valence electrons. The van der Waals surface area contributed by atoms with Crippen LogP contribution < -0.4 is 10.2 Å². The Bertz CT molecular complexity index is 832. The standard InChI is InChI=1S/C16H14F3N3O4/c1-15(2)22(20-14(23)25-12-7-4-8-24-12)13(21-26-15)10-5-3-6-11(9-10)16(17,18)19/h3-9H,1-2H3,(H,20,23). The number of furan rings is 1. The molecule has 7 nitrogen and oxygen atoms in total. The third-order valence-corrected chi connectivity index (χ3v) is 3.45. The molecule has 1 amide bonds. The van der Waals surface area contributed by atoms with Gasteiger partial charge < -0.3 is 14.0 Å². The van der Waals surface area contributed by atoms with Gasteiger partial charge in [0.05, 0.1) is 11.8 Å². The van der Waals surface area contributed by atoms with Crippen LogP contribution in [0.15, 0.2) is 52.2 Å². The van der Waals surface area contributed by atoms with Crippen molar-refractivity contribution in [2.45, 2.75) is 25.7 Å². The van der Waals surface area contributed by atoms with E-state index in [1.807, 2.05) is 0 Å². The van der Waals surface area contributed by atoms with Crippen molar-refractivity contribution < 1.29 is 32.0 Å². The molecule has 1 aromatic carbocycles. The van der Waals surface area contributed by atoms with Gasteiger partial charge in [-0.05, 0) is 32.0 Å². The van der Waals surface area contributed by atoms with E-state index in [1.165, 1.54) is 35.5 Å². The van der Waals surface area contributed by atoms with Crippen LogP contribution in [-0.4, -0.2) is 22.7 Å². The number of rotatable bonds is 3. The molecule has 0 fully saturated rings. The maximum Gasteiger partial charge on any atom is 0.434 e. The lowest BCUT2D eigenvalue weighted by molar-refractivity contribution is -0.137. The van der Waals surface area contributed by atoms with Gasteiger partial charge in [-0.25, -0.2) is 15.2 Å². The molecular weight excluding hydrogens is 355 g/mol. The molecule has 1 aliphatic rings. The summed E-state index contributed by atoms with van der Waals surface area (Å²) in [7, 11) is 0. The molecule has 0 saturated carbocycles. The van der Waals surface area contributed by atoms with E-state index < -0.39 is 23.6 Å². The number of hydrogen-bond donors (Lipinski definition) is 1. The molecule has 1 aliphatic heterocycles. The van der Waals surface area contributed by atoms with Crippen LogP contribution in [0, 0.1) is 0 Å². The van der Waals surface area contributed by atoms with Gasteiger partial charge in [-0.3, -0.25) is 0 Å². The van der Waals surface area contributed by atoms with Crippen LogP contribution >= 0.6 is 0 Å². The van der Waals surface area contributed by atoms with Crippen LogP contribution in [0.25, 0.3) is 0 Å². The summed E-state index contributed by atoms with van der Waals surface area (Å²) < 4.78 is 48.6. The minimum Gasteiger partial charge on any atom is -0.434 e. The Balaban J connectivity index is 1.83. The van der Waals surface area contributed by atoms with E-state index in [9.17, 15) is 18.0 Å². The van der Waals surface area contributed by atoms with Crippen molar-refractivity contribution >= 4 is 11.9 Å². The lowest BCUT2D eigenvalue weighted by Gasteiger charge is -2.30. The summed E-state index contributed by atoms with van der Waals surface area (Å²) in [6.07, 6.45) is -4.11. The molecular formula is C16H14F3N3O4. The molecule has 10 heteroatoms. The van der Waals surface area contributed by atoms with Crippen molar-refractivity contribution in [3.8, 4) is 5.95 Å². The number of alkyl halides is 3. The average Bonchev–Trinajstić information content (AvgIpc) is 3.15. The van der Waals surface area contributed by atoms with Gasteiger partial charge in [0, 0.05) is 11.6 Å². The number of amidine groups is 1. The number of hydrogen-bond acceptors (Lipinski definition) is 6. The number of amides is 1. The second-order valence-electron chi connectivity index (χ2n) is 5.80. The summed E-state index contributed by atoms with van der Waals surface area (Å²) in [5, 5.41) is 4.97. The molecule has 1 N–H and O–H groups in total. The number of halogens is 3. The highest BCUT2D eigenvalue weighted by atomic mass is 19.4. The zero-order chi connectivity index (χ0) is 18.9. The first-order valence-corrected chi connectivity index (χ1v) is 7.43. The van der Waals surface area contributed by atoms with Gasteiger partial charge in [-0.1, -0.05) is 17.3 Å². The van der Waals surface area contributed by atoms with Crippen LogP contribution in [0.4, 0.5) is 18.0 Å². The van der Waals surface area contributed by atoms with Crippen molar-refractivity contribution in [3.05, 3.63) is 53.8 Å². The van der Waals surface area contributed by atoms with Crippen LogP contribution in [0.2, 0.25) is 0 Å². The van der Waals surface area contributed by atoms with Gasteiger partial charge in [-0.2, -0.15) is 13.2 Å². The highest BCUT2D eigenvalue weighted by molar-refractivity contribution is 6.00. The fourth-order valence-corrected chi connectivity index (χ4v) is 2.22. The summed E-state index contributed by atoms with van der Waals surface area (Å²) in [6.45, 7) is 3.15. The maximum atomic E-state index is 12.9. The maximum absolute atomic E-state index is 12.9. The SMILES string of the molecule is CC1(C)ON=C(c2cccc(C(F)(F)F)c2)N1NC(=O)Oc1ccco1. The Kier molecular flexibility index (Phi) is 4.26. The van der Waals surface area contributed by atoms with Crippen molar-refractivity contribution in [2.24, 2.45) is 5.16 Å². The molecule has 0 spiro atoms. The number of carbonyl (C=O) groups is 1. The Morgan fingerprint density at radius 1 is 1.27 bits per heavy atom. The molecule has 0 unspecified atom stereocenters. The Morgan fingerprint density at radius 2 is 2.04 bits per heavy atom. The van der Waals surface area contributed by atoms with E-state index in [4.69, 9.17) is 14.0 Å². The predicted octanol–water partition coefficient (Wildman–Crippen LogP) is 3.73. The minimum atomic E-state index is -4.51. The zero-order valence-electron chi connectivity index (χ0n) is 13.7. The highest BCUT2D eigenvalue weighted by Crippen LogP contribution is 2.31. The van der Waals surface area contributed by atoms with E-state index in [-0.39, 0.29) is 17.3 Å². The van der Waals surface area contributed by atoms with Crippen LogP contribution in [-0.2, 0) is 11.0 Å². The van der Waals surface area contributed by atoms with Crippen LogP contribution in [0.1, 0.15) is 25.0 Å². The van der Waals surface area contributed by atoms with Gasteiger partial charge in [0.2, 0.25) is 5.72 Å². The summed E-state index contributed by atoms with van der Waals surface area (Å²) in [5.41, 5.74) is 0.510. The van der Waals surface area contributed by atoms with Gasteiger partial charge in [0.1, 0.15) is 0 Å². The number of ether oxygens (including phenoxy) is 1. The zero-order valence-corrected chi connectivity index (χ0v) is 13.7. The first-order valence-electron chi connectivity index (χ1n) is 7.43. The third kappa shape index (κ3) is 3.58. The van der Waals surface area contributed by atoms with E-state index in [0.717, 1.165) is 12.1 Å². The molecule has 3 rings (SSSR count). The molecule has 0 atom stereocenters. The molecule has 0 bridgehead atoms. The summed E-state index contributed by atoms with van der Waals surface area (Å²) >= 11 is 0. The molecule has 0 aliphatic carbocycles. The number of nitrogens with zero attached hydrogens (tertiary/aromatic N) is 2. The van der Waals surface area contributed by atoms with Gasteiger partial charge in [-0.15, -0.1) is 0 Å². The van der Waals surface area contributed by atoms with Gasteiger partial charge >= 0.3 is 12.3 Å². The predicted molar refractivity (Wildman–Crippen MR) is 82.9 cm³/mol. The number of oxime groups is 1. The highest BCUT2D eigenvalue weighted by Gasteiger charge is 2.41. The molecule has 2 heterocycles. The first kappa shape index (κ1) is 17.6. The second-order valence-corrected chi connectivity index (χ2v) is 5.80. The number of hydrazine groups is 1. The van der Waals surface area contributed by atoms with Crippen molar-refractivity contribution in [1.29, 1.82) is 0 Å². The smallest absolute Gasteiger partial charge is 0.434 e. The third-order valence-electron chi connectivity index (χ3n) is 3.45. The fourth-order valence-electron chi connectivity index (χ4n) is 2.22. The summed E-state index contributed by atoms with van der Waals surface area (Å²) in [6, 6.07) is 7.47. The largest absolute Gasteiger partial charge is 0.434 e. The van der Waals surface area contributed by atoms with Crippen molar-refractivity contribution in [3.63, 3.8) is 0 Å². The van der Waals surface area contributed by atoms with Gasteiger partial charge in [0.15, 0.2) is 5.84 Å². The van der Waals surface area contributed by atoms with E-state index in [0.29, 0.717) is 0 Å². The van der Waals surface area contributed by atoms with Crippen LogP contribution in [0.3, 0.4) is 0 Å². The summed E-state index contributed by atoms with van der Waals surface area (Å²) in [4.78, 5) is 17.3. The molecule has 0 saturated heterocycles. The van der Waals surface area contributed by atoms with E-state index >= 15 is 0 Å². The second kappa shape index (κ2) is 6.28. The fraction of sp³-hybridized carbons (Fsp3) is 0.250. The summed E-state index contributed by atoms with van der Waals surface area (Å²) in [5.74, 6) is -0.0459. The van der Waals surface area contributed by atoms with Crippen LogP contribution in [0.5, 0.6) is 5.95 Å². The number of carbonyl (C=O) groups excluding carboxylic acids is 1. The lowest BCUT2D eigenvalue weighted by atomic mass is 10.1. The van der Waals surface area contributed by atoms with E-state index in [2.05, 4.69) is 10.6 Å². The van der Waals surface area contributed by atoms with Crippen molar-refractivity contribution in [1.82, 2.24) is 10.4 Å². The molecule has 1 aromatic heterocycles. The Hall–Kier alpha value is -3.17. The van der Waals surface area contributed by atoms with Gasteiger partial charge in [0.25, 0.3) is 5.95 Å². The van der Waals surface area contributed by atoms with Crippen molar-refractivity contribution in [2.75, 3.05) is 0 Å². The average molecular weight is 369 g/mol. The number of benzene rings is 1. The van der Waals surface area contributed by atoms with E-state index in [1.54, 1.807) is 13.8 Å². The molecule has 2 aromatic rings. The minimum absolute atomic E-state index is 0.00232. The Labute approximate surface area is 145 Å². The normalized spacial score (nSPS) is 16.0. The Morgan fingerprint density at radius 3 is 2.69 bits per heavy atom. The molecule has 26 heavy (non-hydrogen) atoms.